The number of carbonyl (C=O) groups is 2. The lowest BCUT2D eigenvalue weighted by molar-refractivity contribution is -0.146. The third-order valence-electron chi connectivity index (χ3n) is 5.69. The van der Waals surface area contributed by atoms with Crippen LogP contribution in [0.5, 0.6) is 0 Å². The van der Waals surface area contributed by atoms with Crippen LogP contribution in [0.3, 0.4) is 0 Å². The van der Waals surface area contributed by atoms with E-state index in [0.29, 0.717) is 0 Å². The lowest BCUT2D eigenvalue weighted by atomic mass is 9.77. The van der Waals surface area contributed by atoms with Crippen LogP contribution in [0.1, 0.15) is 30.3 Å². The van der Waals surface area contributed by atoms with Crippen LogP contribution in [0.25, 0.3) is 27.4 Å². The number of aromatic nitrogens is 2. The third kappa shape index (κ3) is 3.78. The first-order valence-corrected chi connectivity index (χ1v) is 9.62. The Morgan fingerprint density at radius 2 is 1.74 bits per heavy atom. The molecule has 2 aromatic heterocycles. The molecule has 0 saturated heterocycles. The van der Waals surface area contributed by atoms with Crippen molar-refractivity contribution in [1.82, 2.24) is 9.97 Å². The monoisotopic (exact) mass is 484 g/mol. The predicted molar refractivity (Wildman–Crippen MR) is 108 cm³/mol. The number of carboxylic acids is 2. The summed E-state index contributed by atoms with van der Waals surface area (Å²) in [5.41, 5.74) is -5.61. The number of H-pyrrole nitrogens is 1. The Balaban J connectivity index is 2.00. The van der Waals surface area contributed by atoms with E-state index >= 15 is 0 Å². The van der Waals surface area contributed by atoms with Gasteiger partial charge in [-0.3, -0.25) is 4.79 Å². The van der Waals surface area contributed by atoms with Gasteiger partial charge in [0.15, 0.2) is 0 Å². The summed E-state index contributed by atoms with van der Waals surface area (Å²) in [5.74, 6) is -2.67. The predicted octanol–water partition coefficient (Wildman–Crippen LogP) is 5.64. The number of carboxylic acid groups (broad SMARTS) is 2. The highest BCUT2D eigenvalue weighted by Gasteiger charge is 2.40. The van der Waals surface area contributed by atoms with Gasteiger partial charge in [0.2, 0.25) is 0 Å². The maximum atomic E-state index is 13.5. The van der Waals surface area contributed by atoms with E-state index in [1.807, 2.05) is 0 Å². The fraction of sp³-hybridized carbons (Fsp3) is 0.227. The molecule has 0 aliphatic heterocycles. The largest absolute Gasteiger partial charge is 0.481 e. The SMILES string of the molecule is CC1(C(=O)O)C=CC(c2cc3ccc4c(C(F)(F)F)cc(C(F)(F)F)nc4c3[nH]2)=C(C(=O)O)C1. The average molecular weight is 484 g/mol. The van der Waals surface area contributed by atoms with Crippen molar-refractivity contribution in [2.24, 2.45) is 5.41 Å². The highest BCUT2D eigenvalue weighted by molar-refractivity contribution is 6.08. The summed E-state index contributed by atoms with van der Waals surface area (Å²) >= 11 is 0. The molecule has 0 fully saturated rings. The van der Waals surface area contributed by atoms with Gasteiger partial charge in [-0.05, 0) is 25.5 Å². The number of allylic oxidation sites excluding steroid dienone is 2. The van der Waals surface area contributed by atoms with Crippen molar-refractivity contribution in [2.75, 3.05) is 0 Å². The lowest BCUT2D eigenvalue weighted by Gasteiger charge is -2.26. The maximum absolute atomic E-state index is 13.5. The zero-order valence-corrected chi connectivity index (χ0v) is 17.1. The summed E-state index contributed by atoms with van der Waals surface area (Å²) in [4.78, 5) is 29.5. The van der Waals surface area contributed by atoms with Crippen LogP contribution in [0, 0.1) is 5.41 Å². The number of hydrogen-bond donors (Lipinski definition) is 3. The van der Waals surface area contributed by atoms with Crippen molar-refractivity contribution >= 4 is 39.3 Å². The Bertz CT molecular complexity index is 1430. The van der Waals surface area contributed by atoms with Gasteiger partial charge in [-0.1, -0.05) is 24.3 Å². The number of rotatable bonds is 3. The van der Waals surface area contributed by atoms with E-state index in [9.17, 15) is 46.1 Å². The molecular formula is C22H14F6N2O4. The van der Waals surface area contributed by atoms with Gasteiger partial charge in [-0.25, -0.2) is 9.78 Å². The van der Waals surface area contributed by atoms with Crippen molar-refractivity contribution in [3.05, 3.63) is 58.9 Å². The van der Waals surface area contributed by atoms with E-state index in [1.165, 1.54) is 31.2 Å². The smallest absolute Gasteiger partial charge is 0.433 e. The second-order valence-corrected chi connectivity index (χ2v) is 8.09. The highest BCUT2D eigenvalue weighted by atomic mass is 19.4. The highest BCUT2D eigenvalue weighted by Crippen LogP contribution is 2.42. The molecule has 178 valence electrons. The molecular weight excluding hydrogens is 470 g/mol. The number of halogens is 6. The Morgan fingerprint density at radius 1 is 1.06 bits per heavy atom. The molecule has 0 spiro atoms. The van der Waals surface area contributed by atoms with Crippen LogP contribution < -0.4 is 0 Å². The number of alkyl halides is 6. The molecule has 3 N–H and O–H groups in total. The molecule has 0 radical (unpaired) electrons. The molecule has 34 heavy (non-hydrogen) atoms. The number of aliphatic carboxylic acids is 2. The van der Waals surface area contributed by atoms with Crippen LogP contribution in [0.4, 0.5) is 26.3 Å². The molecule has 1 atom stereocenters. The molecule has 0 bridgehead atoms. The normalized spacial score (nSPS) is 19.3. The van der Waals surface area contributed by atoms with Gasteiger partial charge >= 0.3 is 24.3 Å². The summed E-state index contributed by atoms with van der Waals surface area (Å²) in [6.07, 6.45) is -8.07. The van der Waals surface area contributed by atoms with Crippen LogP contribution in [0.2, 0.25) is 0 Å². The molecule has 0 saturated carbocycles. The minimum absolute atomic E-state index is 0.0543. The lowest BCUT2D eigenvalue weighted by Crippen LogP contribution is -2.29. The first kappa shape index (κ1) is 23.3. The summed E-state index contributed by atoms with van der Waals surface area (Å²) in [5, 5.41) is 18.7. The third-order valence-corrected chi connectivity index (χ3v) is 5.69. The van der Waals surface area contributed by atoms with Crippen molar-refractivity contribution in [3.8, 4) is 0 Å². The van der Waals surface area contributed by atoms with E-state index in [-0.39, 0.29) is 40.2 Å². The van der Waals surface area contributed by atoms with E-state index in [1.54, 1.807) is 0 Å². The van der Waals surface area contributed by atoms with Crippen molar-refractivity contribution in [3.63, 3.8) is 0 Å². The first-order valence-electron chi connectivity index (χ1n) is 9.62. The molecule has 12 heteroatoms. The van der Waals surface area contributed by atoms with Gasteiger partial charge in [0.1, 0.15) is 5.69 Å². The summed E-state index contributed by atoms with van der Waals surface area (Å²) in [6, 6.07) is 3.54. The molecule has 1 aliphatic carbocycles. The minimum atomic E-state index is -5.14. The fourth-order valence-electron chi connectivity index (χ4n) is 3.89. The zero-order valence-electron chi connectivity index (χ0n) is 17.1. The molecule has 3 aromatic rings. The molecule has 4 rings (SSSR count). The van der Waals surface area contributed by atoms with Crippen LogP contribution >= 0.6 is 0 Å². The number of nitrogens with one attached hydrogen (secondary N) is 1. The van der Waals surface area contributed by atoms with Crippen molar-refractivity contribution < 1.29 is 46.1 Å². The second-order valence-electron chi connectivity index (χ2n) is 8.09. The summed E-state index contributed by atoms with van der Waals surface area (Å²) in [6.45, 7) is 1.32. The molecule has 0 amide bonds. The molecule has 1 unspecified atom stereocenters. The van der Waals surface area contributed by atoms with Gasteiger partial charge in [0.25, 0.3) is 0 Å². The minimum Gasteiger partial charge on any atom is -0.481 e. The maximum Gasteiger partial charge on any atom is 0.433 e. The van der Waals surface area contributed by atoms with Gasteiger partial charge in [0, 0.05) is 27.6 Å². The second kappa shape index (κ2) is 7.34. The van der Waals surface area contributed by atoms with Gasteiger partial charge in [-0.2, -0.15) is 26.3 Å². The number of nitrogens with zero attached hydrogens (tertiary/aromatic N) is 1. The van der Waals surface area contributed by atoms with Gasteiger partial charge in [-0.15, -0.1) is 0 Å². The first-order chi connectivity index (χ1) is 15.6. The molecule has 2 heterocycles. The zero-order chi connectivity index (χ0) is 25.2. The standard InChI is InChI=1S/C22H14F6N2O4/c1-20(19(33)34)5-4-10(12(8-20)18(31)32)14-6-9-2-3-11-13(21(23,24)25)7-15(22(26,27)28)30-17(11)16(9)29-14/h2-7,29H,8H2,1H3,(H,31,32)(H,33,34). The van der Waals surface area contributed by atoms with Crippen molar-refractivity contribution in [2.45, 2.75) is 25.7 Å². The fourth-order valence-corrected chi connectivity index (χ4v) is 3.89. The summed E-state index contributed by atoms with van der Waals surface area (Å²) in [7, 11) is 0. The van der Waals surface area contributed by atoms with Gasteiger partial charge in [0.05, 0.1) is 22.0 Å². The quantitative estimate of drug-likeness (QED) is 0.418. The van der Waals surface area contributed by atoms with Crippen LogP contribution in [0.15, 0.2) is 42.0 Å². The number of fused-ring (bicyclic) bond motifs is 3. The molecule has 1 aromatic carbocycles. The van der Waals surface area contributed by atoms with E-state index < -0.39 is 51.9 Å². The van der Waals surface area contributed by atoms with Gasteiger partial charge < -0.3 is 15.2 Å². The van der Waals surface area contributed by atoms with Crippen molar-refractivity contribution in [1.29, 1.82) is 0 Å². The van der Waals surface area contributed by atoms with Crippen LogP contribution in [-0.2, 0) is 21.9 Å². The number of benzene rings is 1. The van der Waals surface area contributed by atoms with E-state index in [4.69, 9.17) is 0 Å². The Hall–Kier alpha value is -3.83. The average Bonchev–Trinajstić information content (AvgIpc) is 3.15. The van der Waals surface area contributed by atoms with E-state index in [2.05, 4.69) is 9.97 Å². The molecule has 1 aliphatic rings. The Kier molecular flexibility index (Phi) is 5.03. The molecule has 6 nitrogen and oxygen atoms in total. The van der Waals surface area contributed by atoms with E-state index in [0.717, 1.165) is 6.07 Å². The Morgan fingerprint density at radius 3 is 2.29 bits per heavy atom. The number of hydrogen-bond acceptors (Lipinski definition) is 3. The number of pyridine rings is 1. The topological polar surface area (TPSA) is 103 Å². The summed E-state index contributed by atoms with van der Waals surface area (Å²) < 4.78 is 80.4. The number of aromatic amines is 1. The Labute approximate surface area is 186 Å². The van der Waals surface area contributed by atoms with Crippen LogP contribution in [-0.4, -0.2) is 32.1 Å².